The summed E-state index contributed by atoms with van der Waals surface area (Å²) in [5, 5.41) is 0. The predicted molar refractivity (Wildman–Crippen MR) is 32.1 cm³/mol. The zero-order valence-corrected chi connectivity index (χ0v) is 6.77. The van der Waals surface area contributed by atoms with Crippen LogP contribution in [0.25, 0.3) is 0 Å². The van der Waals surface area contributed by atoms with Gasteiger partial charge in [-0.25, -0.2) is 0 Å². The number of hydrogen-bond acceptors (Lipinski definition) is 0. The van der Waals surface area contributed by atoms with E-state index in [2.05, 4.69) is 13.2 Å². The van der Waals surface area contributed by atoms with Crippen molar-refractivity contribution in [1.82, 2.24) is 0 Å². The van der Waals surface area contributed by atoms with Crippen LogP contribution in [0.1, 0.15) is 0 Å². The summed E-state index contributed by atoms with van der Waals surface area (Å²) >= 11 is 0. The van der Waals surface area contributed by atoms with E-state index >= 15 is 0 Å². The molecule has 0 aliphatic heterocycles. The zero-order chi connectivity index (χ0) is 2.00. The van der Waals surface area contributed by atoms with Gasteiger partial charge in [0.05, 0.1) is 0 Å². The van der Waals surface area contributed by atoms with E-state index in [1.165, 1.54) is 0 Å². The molecule has 3 heteroatoms. The van der Waals surface area contributed by atoms with E-state index in [0.717, 1.165) is 0 Å². The van der Waals surface area contributed by atoms with Gasteiger partial charge >= 0.3 is 17.1 Å². The Morgan fingerprint density at radius 2 is 1.00 bits per heavy atom. The molecule has 0 nitrogen and oxygen atoms in total. The van der Waals surface area contributed by atoms with Crippen LogP contribution < -0.4 is 0 Å². The van der Waals surface area contributed by atoms with E-state index in [1.807, 2.05) is 0 Å². The van der Waals surface area contributed by atoms with Gasteiger partial charge in [-0.1, -0.05) is 0 Å². The smallest absolute Gasteiger partial charge is 0.521 e. The van der Waals surface area contributed by atoms with Crippen LogP contribution in [-0.2, 0) is 17.1 Å². The topological polar surface area (TPSA) is 0 Å². The monoisotopic (exact) mass is 158 g/mol. The summed E-state index contributed by atoms with van der Waals surface area (Å²) in [5.74, 6) is 0. The molecule has 0 heterocycles. The second-order valence-electron chi connectivity index (χ2n) is 0. The van der Waals surface area contributed by atoms with Gasteiger partial charge in [0, 0.05) is 0 Å². The first kappa shape index (κ1) is 35.7. The van der Waals surface area contributed by atoms with Crippen LogP contribution >= 0.6 is 19.8 Å². The van der Waals surface area contributed by atoms with Crippen molar-refractivity contribution in [3.8, 4) is 0 Å². The fourth-order valence-corrected chi connectivity index (χ4v) is 0. The molecule has 0 aromatic heterocycles. The Kier molecular flexibility index (Phi) is 495. The Hall–Kier alpha value is 1.12. The van der Waals surface area contributed by atoms with Crippen molar-refractivity contribution >= 4 is 19.8 Å². The average Bonchev–Trinajstić information content (AvgIpc) is 1.00. The standard InChI is InChI=1S/C2H3.Cu.2H3P/c1-2;;;/h1H,2H2;;2*1H3/q-1;+1;;. The SMILES string of the molecule is P.P.[CH-]=C.[Cu+]. The third-order valence-electron chi connectivity index (χ3n) is 0. The summed E-state index contributed by atoms with van der Waals surface area (Å²) in [6.45, 7) is 7.00. The van der Waals surface area contributed by atoms with Crippen LogP contribution in [0.3, 0.4) is 0 Å². The van der Waals surface area contributed by atoms with E-state index in [4.69, 9.17) is 0 Å². The second kappa shape index (κ2) is 69.3. The van der Waals surface area contributed by atoms with Crippen molar-refractivity contribution in [3.63, 3.8) is 0 Å². The van der Waals surface area contributed by atoms with Gasteiger partial charge in [0.25, 0.3) is 0 Å². The minimum absolute atomic E-state index is 0. The fourth-order valence-electron chi connectivity index (χ4n) is 0. The molecule has 2 atom stereocenters. The average molecular weight is 159 g/mol. The molecular weight excluding hydrogens is 150 g/mol. The van der Waals surface area contributed by atoms with Crippen LogP contribution in [0.15, 0.2) is 6.58 Å². The molecule has 0 spiro atoms. The summed E-state index contributed by atoms with van der Waals surface area (Å²) in [6, 6.07) is 0. The van der Waals surface area contributed by atoms with Crippen LogP contribution in [0.2, 0.25) is 0 Å². The van der Waals surface area contributed by atoms with Crippen LogP contribution in [0.4, 0.5) is 0 Å². The van der Waals surface area contributed by atoms with Gasteiger partial charge in [0.15, 0.2) is 0 Å². The largest absolute Gasteiger partial charge is 1.00 e. The molecule has 0 aliphatic carbocycles. The van der Waals surface area contributed by atoms with Gasteiger partial charge in [0.1, 0.15) is 0 Å². The van der Waals surface area contributed by atoms with Gasteiger partial charge in [-0.15, -0.1) is 0 Å². The Morgan fingerprint density at radius 1 is 1.00 bits per heavy atom. The second-order valence-corrected chi connectivity index (χ2v) is 0. The van der Waals surface area contributed by atoms with Crippen molar-refractivity contribution in [2.45, 2.75) is 0 Å². The van der Waals surface area contributed by atoms with Crippen LogP contribution in [0.5, 0.6) is 0 Å². The molecule has 0 fully saturated rings. The third-order valence-corrected chi connectivity index (χ3v) is 0. The molecule has 0 radical (unpaired) electrons. The summed E-state index contributed by atoms with van der Waals surface area (Å²) in [5.41, 5.74) is 0. The summed E-state index contributed by atoms with van der Waals surface area (Å²) < 4.78 is 0. The van der Waals surface area contributed by atoms with Gasteiger partial charge in [-0.05, 0) is 0 Å². The first-order valence-corrected chi connectivity index (χ1v) is 0.408. The Balaban J connectivity index is -0.00000000167. The van der Waals surface area contributed by atoms with E-state index in [9.17, 15) is 0 Å². The normalized spacial score (nSPS) is 0.800. The molecule has 5 heavy (non-hydrogen) atoms. The molecule has 38 valence electrons. The van der Waals surface area contributed by atoms with Crippen LogP contribution in [0, 0.1) is 6.58 Å². The maximum Gasteiger partial charge on any atom is 1.00 e. The van der Waals surface area contributed by atoms with E-state index in [-0.39, 0.29) is 36.9 Å². The van der Waals surface area contributed by atoms with Gasteiger partial charge < -0.3 is 6.58 Å². The summed E-state index contributed by atoms with van der Waals surface area (Å²) in [4.78, 5) is 0. The molecule has 2 unspecified atom stereocenters. The third kappa shape index (κ3) is 39.8. The van der Waals surface area contributed by atoms with Gasteiger partial charge in [0.2, 0.25) is 0 Å². The maximum atomic E-state index is 4.25. The summed E-state index contributed by atoms with van der Waals surface area (Å²) in [7, 11) is 0. The predicted octanol–water partition coefficient (Wildman–Crippen LogP) is 0.719. The minimum atomic E-state index is 0. The molecule has 0 bridgehead atoms. The van der Waals surface area contributed by atoms with Crippen LogP contribution in [-0.4, -0.2) is 0 Å². The molecule has 0 N–H and O–H groups in total. The first-order chi connectivity index (χ1) is 1.00. The number of rotatable bonds is 0. The Morgan fingerprint density at radius 3 is 1.00 bits per heavy atom. The molecule has 0 aromatic rings. The molecule has 0 saturated carbocycles. The molecule has 0 aliphatic rings. The van der Waals surface area contributed by atoms with E-state index in [1.54, 1.807) is 0 Å². The Labute approximate surface area is 50.5 Å². The number of hydrogen-bond donors (Lipinski definition) is 0. The molecule has 0 saturated heterocycles. The molecular formula is C2H9CuP2. The molecule has 0 aromatic carbocycles. The van der Waals surface area contributed by atoms with Crippen molar-refractivity contribution in [2.75, 3.05) is 0 Å². The van der Waals surface area contributed by atoms with Crippen molar-refractivity contribution in [1.29, 1.82) is 0 Å². The van der Waals surface area contributed by atoms with Gasteiger partial charge in [-0.2, -0.15) is 19.8 Å². The zero-order valence-electron chi connectivity index (χ0n) is 3.00. The molecule has 0 amide bonds. The van der Waals surface area contributed by atoms with E-state index < -0.39 is 0 Å². The van der Waals surface area contributed by atoms with Gasteiger partial charge in [-0.3, -0.25) is 6.58 Å². The van der Waals surface area contributed by atoms with Crippen molar-refractivity contribution in [2.24, 2.45) is 0 Å². The van der Waals surface area contributed by atoms with Crippen molar-refractivity contribution in [3.05, 3.63) is 13.2 Å². The van der Waals surface area contributed by atoms with Crippen molar-refractivity contribution < 1.29 is 17.1 Å². The Bertz CT molecular complexity index is 7.61. The molecule has 0 rings (SSSR count). The first-order valence-electron chi connectivity index (χ1n) is 0.408. The quantitative estimate of drug-likeness (QED) is 0.277. The fraction of sp³-hybridized carbons (Fsp3) is 0. The summed E-state index contributed by atoms with van der Waals surface area (Å²) in [6.07, 6.45) is 0. The minimum Gasteiger partial charge on any atom is -0.521 e. The van der Waals surface area contributed by atoms with E-state index in [0.29, 0.717) is 0 Å². The maximum absolute atomic E-state index is 4.25.